The minimum Gasteiger partial charge on any atom is -0.394 e. The normalized spacial score (nSPS) is 31.7. The van der Waals surface area contributed by atoms with E-state index in [1.165, 1.54) is 23.9 Å². The number of nitrogens with zero attached hydrogens (tertiary/aromatic N) is 1. The number of aromatic nitrogens is 2. The molecule has 4 atom stereocenters. The first-order valence-corrected chi connectivity index (χ1v) is 5.78. The maximum Gasteiger partial charge on any atom is 0.328 e. The van der Waals surface area contributed by atoms with Gasteiger partial charge in [0.05, 0.1) is 6.61 Å². The largest absolute Gasteiger partial charge is 0.394 e. The van der Waals surface area contributed by atoms with Crippen molar-refractivity contribution in [3.63, 3.8) is 0 Å². The average molecular weight is 274 g/mol. The Morgan fingerprint density at radius 3 is 2.94 bits per heavy atom. The SMILES string of the molecule is CO[C@H]1C(O)[C@@H](CO)O[C@H]1n1ccc(=S)[nH]c1=O. The van der Waals surface area contributed by atoms with E-state index < -0.39 is 30.2 Å². The summed E-state index contributed by atoms with van der Waals surface area (Å²) in [6.07, 6.45) is -1.86. The van der Waals surface area contributed by atoms with Crippen LogP contribution in [0.4, 0.5) is 0 Å². The number of H-pyrrole nitrogens is 1. The summed E-state index contributed by atoms with van der Waals surface area (Å²) in [4.78, 5) is 14.2. The molecule has 0 spiro atoms. The Morgan fingerprint density at radius 1 is 1.67 bits per heavy atom. The van der Waals surface area contributed by atoms with E-state index in [2.05, 4.69) is 4.98 Å². The van der Waals surface area contributed by atoms with Crippen LogP contribution in [0.5, 0.6) is 0 Å². The summed E-state index contributed by atoms with van der Waals surface area (Å²) in [5.41, 5.74) is -0.458. The zero-order chi connectivity index (χ0) is 13.3. The fourth-order valence-corrected chi connectivity index (χ4v) is 2.12. The molecule has 0 aliphatic carbocycles. The minimum absolute atomic E-state index is 0.308. The summed E-state index contributed by atoms with van der Waals surface area (Å²) >= 11 is 4.83. The summed E-state index contributed by atoms with van der Waals surface area (Å²) in [5, 5.41) is 18.9. The zero-order valence-electron chi connectivity index (χ0n) is 9.65. The van der Waals surface area contributed by atoms with E-state index in [0.717, 1.165) is 0 Å². The molecule has 1 aromatic heterocycles. The quantitative estimate of drug-likeness (QED) is 0.623. The number of methoxy groups -OCH3 is 1. The van der Waals surface area contributed by atoms with Gasteiger partial charge in [-0.15, -0.1) is 0 Å². The first kappa shape index (κ1) is 13.4. The molecule has 8 heteroatoms. The maximum absolute atomic E-state index is 11.8. The van der Waals surface area contributed by atoms with Crippen LogP contribution >= 0.6 is 12.2 Å². The number of hydrogen-bond acceptors (Lipinski definition) is 6. The highest BCUT2D eigenvalue weighted by Gasteiger charge is 2.44. The molecule has 0 bridgehead atoms. The van der Waals surface area contributed by atoms with Crippen LogP contribution in [0.25, 0.3) is 0 Å². The first-order chi connectivity index (χ1) is 8.58. The Hall–Kier alpha value is -1.06. The van der Waals surface area contributed by atoms with Crippen LogP contribution in [0, 0.1) is 4.64 Å². The number of ether oxygens (including phenoxy) is 2. The van der Waals surface area contributed by atoms with Gasteiger partial charge in [0.2, 0.25) is 0 Å². The predicted molar refractivity (Wildman–Crippen MR) is 63.7 cm³/mol. The summed E-state index contributed by atoms with van der Waals surface area (Å²) in [6.45, 7) is -0.352. The summed E-state index contributed by atoms with van der Waals surface area (Å²) < 4.78 is 12.1. The van der Waals surface area contributed by atoms with Crippen LogP contribution in [-0.2, 0) is 9.47 Å². The molecule has 2 rings (SSSR count). The lowest BCUT2D eigenvalue weighted by Crippen LogP contribution is -2.37. The zero-order valence-corrected chi connectivity index (χ0v) is 10.5. The second kappa shape index (κ2) is 5.29. The van der Waals surface area contributed by atoms with Crippen molar-refractivity contribution >= 4 is 12.2 Å². The molecule has 100 valence electrons. The molecule has 1 unspecified atom stereocenters. The van der Waals surface area contributed by atoms with E-state index in [0.29, 0.717) is 4.64 Å². The van der Waals surface area contributed by atoms with E-state index in [1.807, 2.05) is 0 Å². The van der Waals surface area contributed by atoms with E-state index in [1.54, 1.807) is 0 Å². The molecule has 3 N–H and O–H groups in total. The van der Waals surface area contributed by atoms with Gasteiger partial charge >= 0.3 is 5.69 Å². The van der Waals surface area contributed by atoms with Gasteiger partial charge in [-0.05, 0) is 6.07 Å². The predicted octanol–water partition coefficient (Wildman–Crippen LogP) is -0.829. The molecule has 0 aromatic carbocycles. The Labute approximate surface area is 108 Å². The second-order valence-corrected chi connectivity index (χ2v) is 4.40. The number of nitrogens with one attached hydrogen (secondary N) is 1. The van der Waals surface area contributed by atoms with E-state index >= 15 is 0 Å². The number of aliphatic hydroxyl groups excluding tert-OH is 2. The van der Waals surface area contributed by atoms with Crippen molar-refractivity contribution in [3.8, 4) is 0 Å². The Bertz CT molecular complexity index is 527. The number of rotatable bonds is 3. The molecule has 1 aromatic rings. The minimum atomic E-state index is -1.000. The number of aliphatic hydroxyl groups is 2. The lowest BCUT2D eigenvalue weighted by molar-refractivity contribution is -0.0625. The van der Waals surface area contributed by atoms with Gasteiger partial charge in [-0.25, -0.2) is 4.79 Å². The summed E-state index contributed by atoms with van der Waals surface area (Å²) in [7, 11) is 1.40. The molecule has 0 radical (unpaired) electrons. The lowest BCUT2D eigenvalue weighted by atomic mass is 10.1. The van der Waals surface area contributed by atoms with Crippen molar-refractivity contribution in [1.82, 2.24) is 9.55 Å². The molecule has 1 fully saturated rings. The molecule has 2 heterocycles. The molecular weight excluding hydrogens is 260 g/mol. The van der Waals surface area contributed by atoms with E-state index in [4.69, 9.17) is 26.8 Å². The monoisotopic (exact) mass is 274 g/mol. The molecule has 18 heavy (non-hydrogen) atoms. The third-order valence-electron chi connectivity index (χ3n) is 2.89. The van der Waals surface area contributed by atoms with Gasteiger partial charge in [-0.3, -0.25) is 9.55 Å². The Morgan fingerprint density at radius 2 is 2.39 bits per heavy atom. The van der Waals surface area contributed by atoms with Gasteiger partial charge < -0.3 is 19.7 Å². The van der Waals surface area contributed by atoms with Gasteiger partial charge in [0, 0.05) is 13.3 Å². The standard InChI is InChI=1S/C10H14N2O5S/c1-16-8-7(14)5(4-13)17-9(8)12-3-2-6(18)11-10(12)15/h2-3,5,7-9,13-14H,4H2,1H3,(H,11,15,18)/t5-,7?,8+,9-/m1/s1. The number of hydrogen-bond donors (Lipinski definition) is 3. The van der Waals surface area contributed by atoms with Gasteiger partial charge in [-0.2, -0.15) is 0 Å². The molecule has 1 aliphatic heterocycles. The van der Waals surface area contributed by atoms with Crippen LogP contribution in [0.15, 0.2) is 17.1 Å². The van der Waals surface area contributed by atoms with Crippen molar-refractivity contribution < 1.29 is 19.7 Å². The van der Waals surface area contributed by atoms with Crippen molar-refractivity contribution in [1.29, 1.82) is 0 Å². The molecule has 0 amide bonds. The smallest absolute Gasteiger partial charge is 0.328 e. The Kier molecular flexibility index (Phi) is 3.93. The van der Waals surface area contributed by atoms with Crippen LogP contribution in [0.3, 0.4) is 0 Å². The highest BCUT2D eigenvalue weighted by Crippen LogP contribution is 2.29. The topological polar surface area (TPSA) is 96.7 Å². The molecular formula is C10H14N2O5S. The molecule has 1 aliphatic rings. The van der Waals surface area contributed by atoms with E-state index in [9.17, 15) is 9.90 Å². The maximum atomic E-state index is 11.8. The van der Waals surface area contributed by atoms with Crippen molar-refractivity contribution in [3.05, 3.63) is 27.4 Å². The Balaban J connectivity index is 2.38. The van der Waals surface area contributed by atoms with Crippen molar-refractivity contribution in [2.45, 2.75) is 24.5 Å². The van der Waals surface area contributed by atoms with Crippen molar-refractivity contribution in [2.24, 2.45) is 0 Å². The molecule has 7 nitrogen and oxygen atoms in total. The molecule has 1 saturated heterocycles. The molecule has 0 saturated carbocycles. The van der Waals surface area contributed by atoms with E-state index in [-0.39, 0.29) is 6.61 Å². The third kappa shape index (κ3) is 2.25. The highest BCUT2D eigenvalue weighted by molar-refractivity contribution is 7.71. The van der Waals surface area contributed by atoms with Crippen LogP contribution < -0.4 is 5.69 Å². The average Bonchev–Trinajstić information content (AvgIpc) is 2.65. The van der Waals surface area contributed by atoms with Crippen molar-refractivity contribution in [2.75, 3.05) is 13.7 Å². The second-order valence-electron chi connectivity index (χ2n) is 3.96. The van der Waals surface area contributed by atoms with Crippen LogP contribution in [-0.4, -0.2) is 51.8 Å². The first-order valence-electron chi connectivity index (χ1n) is 5.37. The third-order valence-corrected chi connectivity index (χ3v) is 3.13. The van der Waals surface area contributed by atoms with Crippen LogP contribution in [0.1, 0.15) is 6.23 Å². The fourth-order valence-electron chi connectivity index (χ4n) is 1.98. The van der Waals surface area contributed by atoms with Gasteiger partial charge in [0.25, 0.3) is 0 Å². The van der Waals surface area contributed by atoms with Gasteiger partial charge in [0.15, 0.2) is 6.23 Å². The summed E-state index contributed by atoms with van der Waals surface area (Å²) in [5.74, 6) is 0. The van der Waals surface area contributed by atoms with Crippen LogP contribution in [0.2, 0.25) is 0 Å². The van der Waals surface area contributed by atoms with Gasteiger partial charge in [0.1, 0.15) is 23.0 Å². The van der Waals surface area contributed by atoms with Gasteiger partial charge in [-0.1, -0.05) is 12.2 Å². The summed E-state index contributed by atoms with van der Waals surface area (Å²) in [6, 6.07) is 1.53. The number of aromatic amines is 1. The highest BCUT2D eigenvalue weighted by atomic mass is 32.1. The lowest BCUT2D eigenvalue weighted by Gasteiger charge is -2.20. The fraction of sp³-hybridized carbons (Fsp3) is 0.600.